The number of aliphatic hydroxyl groups is 1. The highest BCUT2D eigenvalue weighted by molar-refractivity contribution is 6.03. The second-order valence-electron chi connectivity index (χ2n) is 18.6. The first-order chi connectivity index (χ1) is 32.5. The van der Waals surface area contributed by atoms with E-state index in [2.05, 4.69) is 42.5 Å². The first-order valence-electron chi connectivity index (χ1n) is 23.5. The molecule has 0 saturated heterocycles. The van der Waals surface area contributed by atoms with Crippen LogP contribution in [0.25, 0.3) is 0 Å². The third-order valence-corrected chi connectivity index (χ3v) is 11.3. The van der Waals surface area contributed by atoms with E-state index in [1.807, 2.05) is 20.8 Å². The smallest absolute Gasteiger partial charge is 0.326 e. The van der Waals surface area contributed by atoms with Crippen molar-refractivity contribution in [3.05, 3.63) is 71.8 Å². The maximum atomic E-state index is 14.2. The molecule has 8 amide bonds. The molecule has 0 aliphatic rings. The van der Waals surface area contributed by atoms with Crippen LogP contribution in [-0.2, 0) is 56.0 Å². The number of carbonyl (C=O) groups excluding carboxylic acids is 8. The first-order valence-corrected chi connectivity index (χ1v) is 23.5. The zero-order valence-corrected chi connectivity index (χ0v) is 41.3. The van der Waals surface area contributed by atoms with E-state index in [1.54, 1.807) is 95.3 Å². The highest BCUT2D eigenvalue weighted by atomic mass is 16.4. The lowest BCUT2D eigenvalue weighted by Crippen LogP contribution is -2.60. The van der Waals surface area contributed by atoms with Crippen molar-refractivity contribution in [1.29, 1.82) is 0 Å². The summed E-state index contributed by atoms with van der Waals surface area (Å²) < 4.78 is 0. The molecule has 0 radical (unpaired) electrons. The minimum atomic E-state index is -1.64. The third-order valence-electron chi connectivity index (χ3n) is 11.3. The number of rotatable bonds is 29. The Morgan fingerprint density at radius 3 is 1.52 bits per heavy atom. The van der Waals surface area contributed by atoms with Gasteiger partial charge in [-0.3, -0.25) is 38.4 Å². The summed E-state index contributed by atoms with van der Waals surface area (Å²) in [6.07, 6.45) is -1.97. The van der Waals surface area contributed by atoms with Crippen LogP contribution in [0.1, 0.15) is 92.7 Å². The maximum Gasteiger partial charge on any atom is 0.326 e. The SMILES string of the molecule is CC[C@H](C)[C@H](NC(=O)CN)C(=O)N[C@@H](CC(C)C)C(=O)NCC(=O)N[C@@H](Cc1ccccc1)C(=O)N[C@H](NC(=O)C(Cc1ccccc1)C(=O)N[C@H](C(=O)N[C@@H](CC(C)C)C(=O)O)[C@@H](C)O)C(C)C. The van der Waals surface area contributed by atoms with Crippen molar-refractivity contribution in [1.82, 2.24) is 42.5 Å². The highest BCUT2D eigenvalue weighted by Crippen LogP contribution is 2.15. The summed E-state index contributed by atoms with van der Waals surface area (Å²) in [6, 6.07) is 11.1. The minimum Gasteiger partial charge on any atom is -0.480 e. The Bertz CT molecular complexity index is 2020. The number of amides is 8. The van der Waals surface area contributed by atoms with E-state index in [-0.39, 0.29) is 50.0 Å². The Labute approximate surface area is 405 Å². The molecule has 12 N–H and O–H groups in total. The number of carboxylic acid groups (broad SMARTS) is 1. The zero-order chi connectivity index (χ0) is 52.0. The van der Waals surface area contributed by atoms with Gasteiger partial charge < -0.3 is 58.5 Å². The Balaban J connectivity index is 2.35. The Morgan fingerprint density at radius 1 is 0.536 bits per heavy atom. The fourth-order valence-electron chi connectivity index (χ4n) is 7.14. The van der Waals surface area contributed by atoms with Gasteiger partial charge in [-0.15, -0.1) is 0 Å². The second-order valence-corrected chi connectivity index (χ2v) is 18.6. The number of aliphatic hydroxyl groups excluding tert-OH is 1. The molecule has 20 heteroatoms. The van der Waals surface area contributed by atoms with Crippen LogP contribution in [0.15, 0.2) is 60.7 Å². The van der Waals surface area contributed by atoms with Crippen LogP contribution in [0.3, 0.4) is 0 Å². The summed E-state index contributed by atoms with van der Waals surface area (Å²) in [6.45, 7) is 14.6. The van der Waals surface area contributed by atoms with Gasteiger partial charge in [-0.2, -0.15) is 0 Å². The highest BCUT2D eigenvalue weighted by Gasteiger charge is 2.37. The molecule has 2 aromatic rings. The lowest BCUT2D eigenvalue weighted by molar-refractivity contribution is -0.143. The number of hydrogen-bond donors (Lipinski definition) is 11. The van der Waals surface area contributed by atoms with Crippen LogP contribution in [0.2, 0.25) is 0 Å². The number of hydrogen-bond acceptors (Lipinski definition) is 11. The van der Waals surface area contributed by atoms with Crippen LogP contribution in [-0.4, -0.2) is 119 Å². The molecule has 0 spiro atoms. The van der Waals surface area contributed by atoms with Gasteiger partial charge in [0.2, 0.25) is 47.3 Å². The van der Waals surface area contributed by atoms with Crippen molar-refractivity contribution >= 4 is 53.2 Å². The van der Waals surface area contributed by atoms with Gasteiger partial charge in [-0.1, -0.05) is 122 Å². The predicted molar refractivity (Wildman–Crippen MR) is 258 cm³/mol. The lowest BCUT2D eigenvalue weighted by atomic mass is 9.96. The molecule has 0 aliphatic heterocycles. The minimum absolute atomic E-state index is 0.00951. The molecule has 0 aliphatic carbocycles. The van der Waals surface area contributed by atoms with Gasteiger partial charge in [-0.05, 0) is 61.0 Å². The summed E-state index contributed by atoms with van der Waals surface area (Å²) in [5, 5.41) is 41.1. The summed E-state index contributed by atoms with van der Waals surface area (Å²) >= 11 is 0. The van der Waals surface area contributed by atoms with E-state index in [1.165, 1.54) is 6.92 Å². The Morgan fingerprint density at radius 2 is 1.03 bits per heavy atom. The monoisotopic (exact) mass is 966 g/mol. The fraction of sp³-hybridized carbons (Fsp3) is 0.571. The van der Waals surface area contributed by atoms with Crippen molar-refractivity contribution in [3.8, 4) is 0 Å². The molecule has 9 atom stereocenters. The largest absolute Gasteiger partial charge is 0.480 e. The van der Waals surface area contributed by atoms with E-state index in [9.17, 15) is 53.4 Å². The van der Waals surface area contributed by atoms with E-state index < -0.39 is 114 Å². The van der Waals surface area contributed by atoms with Gasteiger partial charge in [-0.25, -0.2) is 4.79 Å². The van der Waals surface area contributed by atoms with Crippen LogP contribution in [0.4, 0.5) is 0 Å². The van der Waals surface area contributed by atoms with Crippen LogP contribution < -0.4 is 48.3 Å². The van der Waals surface area contributed by atoms with Crippen molar-refractivity contribution in [3.63, 3.8) is 0 Å². The zero-order valence-electron chi connectivity index (χ0n) is 41.3. The quantitative estimate of drug-likeness (QED) is 0.0390. The van der Waals surface area contributed by atoms with E-state index >= 15 is 0 Å². The second kappa shape index (κ2) is 29.5. The summed E-state index contributed by atoms with van der Waals surface area (Å²) in [5.74, 6) is -9.82. The van der Waals surface area contributed by atoms with E-state index in [0.29, 0.717) is 17.5 Å². The molecule has 0 fully saturated rings. The van der Waals surface area contributed by atoms with E-state index in [4.69, 9.17) is 5.73 Å². The molecule has 0 aromatic heterocycles. The van der Waals surface area contributed by atoms with Gasteiger partial charge in [0.05, 0.1) is 19.2 Å². The number of nitrogens with one attached hydrogen (secondary N) is 8. The molecule has 0 heterocycles. The lowest BCUT2D eigenvalue weighted by Gasteiger charge is -2.29. The van der Waals surface area contributed by atoms with Crippen LogP contribution in [0, 0.1) is 29.6 Å². The number of carboxylic acids is 1. The van der Waals surface area contributed by atoms with Gasteiger partial charge in [0, 0.05) is 6.42 Å². The average molecular weight is 966 g/mol. The van der Waals surface area contributed by atoms with Gasteiger partial charge in [0.25, 0.3) is 0 Å². The number of nitrogens with two attached hydrogens (primary N) is 1. The third kappa shape index (κ3) is 20.8. The van der Waals surface area contributed by atoms with Crippen molar-refractivity contribution in [2.24, 2.45) is 35.3 Å². The molecule has 2 aromatic carbocycles. The van der Waals surface area contributed by atoms with Crippen LogP contribution in [0.5, 0.6) is 0 Å². The maximum absolute atomic E-state index is 14.2. The average Bonchev–Trinajstić information content (AvgIpc) is 3.29. The van der Waals surface area contributed by atoms with Crippen LogP contribution >= 0.6 is 0 Å². The molecule has 69 heavy (non-hydrogen) atoms. The number of carbonyl (C=O) groups is 9. The number of aliphatic carboxylic acids is 1. The molecule has 0 bridgehead atoms. The molecular formula is C49H75N9O11. The summed E-state index contributed by atoms with van der Waals surface area (Å²) in [7, 11) is 0. The molecule has 2 rings (SSSR count). The molecule has 0 saturated carbocycles. The van der Waals surface area contributed by atoms with E-state index in [0.717, 1.165) is 0 Å². The predicted octanol–water partition coefficient (Wildman–Crippen LogP) is 0.405. The van der Waals surface area contributed by atoms with Crippen molar-refractivity contribution < 1.29 is 53.4 Å². The summed E-state index contributed by atoms with van der Waals surface area (Å²) in [4.78, 5) is 120. The first kappa shape index (κ1) is 58.7. The van der Waals surface area contributed by atoms with Gasteiger partial charge in [0.15, 0.2) is 0 Å². The normalized spacial score (nSPS) is 15.2. The fourth-order valence-corrected chi connectivity index (χ4v) is 7.14. The van der Waals surface area contributed by atoms with Crippen molar-refractivity contribution in [2.45, 2.75) is 137 Å². The standard InChI is InChI=1S/C49H75N9O11/c1-10-30(8)40(55-38(60)25-50)47(66)53-35(21-27(2)3)45(64)51-26-39(61)52-36(24-33-19-15-12-16-20-33)46(65)58-42(29(6)7)57-44(63)34(23-32-17-13-11-14-18-32)43(62)56-41(31(9)59)48(67)54-37(49(68)69)22-28(4)5/h11-20,27-31,34-37,40-42,59H,10,21-26,50H2,1-9H3,(H,51,64)(H,52,61)(H,53,66)(H,54,67)(H,55,60)(H,56,62)(H,57,63)(H,58,65)(H,68,69)/t30-,31+,34?,35-,36-,37-,40-,41-,42-/m0/s1. The molecule has 20 nitrogen and oxygen atoms in total. The van der Waals surface area contributed by atoms with Gasteiger partial charge >= 0.3 is 5.97 Å². The molecule has 1 unspecified atom stereocenters. The van der Waals surface area contributed by atoms with Crippen molar-refractivity contribution in [2.75, 3.05) is 13.1 Å². The Hall–Kier alpha value is -6.41. The Kier molecular flexibility index (Phi) is 25.1. The topological polar surface area (TPSA) is 316 Å². The number of benzene rings is 2. The summed E-state index contributed by atoms with van der Waals surface area (Å²) in [5.41, 5.74) is 6.70. The molecule has 382 valence electrons. The van der Waals surface area contributed by atoms with Gasteiger partial charge in [0.1, 0.15) is 42.3 Å². The molecular weight excluding hydrogens is 891 g/mol.